The van der Waals surface area contributed by atoms with Gasteiger partial charge in [-0.1, -0.05) is 0 Å². The second kappa shape index (κ2) is 8.09. The third-order valence-electron chi connectivity index (χ3n) is 3.63. The number of hydrazone groups is 2. The molecule has 1 heterocycles. The molecule has 0 aromatic heterocycles. The van der Waals surface area contributed by atoms with Crippen LogP contribution < -0.4 is 20.3 Å². The molecule has 0 saturated heterocycles. The maximum absolute atomic E-state index is 11.8. The van der Waals surface area contributed by atoms with E-state index in [9.17, 15) is 9.59 Å². The molecule has 2 amide bonds. The number of nitrogens with one attached hydrogen (secondary N) is 2. The Morgan fingerprint density at radius 2 is 2.12 bits per heavy atom. The molecule has 24 heavy (non-hydrogen) atoms. The Labute approximate surface area is 139 Å². The minimum atomic E-state index is -0.342. The van der Waals surface area contributed by atoms with Gasteiger partial charge in [0.05, 0.1) is 26.4 Å². The first-order chi connectivity index (χ1) is 11.5. The summed E-state index contributed by atoms with van der Waals surface area (Å²) in [4.78, 5) is 23.3. The number of methoxy groups -OCH3 is 2. The first kappa shape index (κ1) is 17.5. The van der Waals surface area contributed by atoms with Crippen molar-refractivity contribution in [1.29, 1.82) is 0 Å². The van der Waals surface area contributed by atoms with Crippen LogP contribution in [0.25, 0.3) is 0 Å². The average Bonchev–Trinajstić information content (AvgIpc) is 2.91. The van der Waals surface area contributed by atoms with E-state index >= 15 is 0 Å². The number of ether oxygens (including phenoxy) is 2. The van der Waals surface area contributed by atoms with Crippen molar-refractivity contribution < 1.29 is 19.1 Å². The summed E-state index contributed by atoms with van der Waals surface area (Å²) in [7, 11) is 3.11. The highest BCUT2D eigenvalue weighted by molar-refractivity contribution is 6.07. The number of hydrogen-bond acceptors (Lipinski definition) is 6. The van der Waals surface area contributed by atoms with Crippen LogP contribution in [0.15, 0.2) is 28.4 Å². The highest BCUT2D eigenvalue weighted by Crippen LogP contribution is 2.26. The third-order valence-corrected chi connectivity index (χ3v) is 3.63. The molecular formula is C16H20N4O4. The number of benzene rings is 1. The van der Waals surface area contributed by atoms with Crippen molar-refractivity contribution in [2.75, 3.05) is 14.2 Å². The van der Waals surface area contributed by atoms with Crippen molar-refractivity contribution in [1.82, 2.24) is 10.9 Å². The quantitative estimate of drug-likeness (QED) is 0.576. The summed E-state index contributed by atoms with van der Waals surface area (Å²) < 4.78 is 10.3. The van der Waals surface area contributed by atoms with Crippen molar-refractivity contribution in [2.24, 2.45) is 16.1 Å². The first-order valence-corrected chi connectivity index (χ1v) is 7.43. The highest BCUT2D eigenvalue weighted by Gasteiger charge is 2.26. The average molecular weight is 332 g/mol. The summed E-state index contributed by atoms with van der Waals surface area (Å²) in [6.07, 6.45) is 2.10. The van der Waals surface area contributed by atoms with E-state index in [4.69, 9.17) is 9.47 Å². The van der Waals surface area contributed by atoms with Crippen LogP contribution >= 0.6 is 0 Å². The van der Waals surface area contributed by atoms with Crippen molar-refractivity contribution in [3.63, 3.8) is 0 Å². The molecule has 0 aliphatic carbocycles. The van der Waals surface area contributed by atoms with Crippen molar-refractivity contribution in [3.8, 4) is 11.5 Å². The lowest BCUT2D eigenvalue weighted by Crippen LogP contribution is -2.25. The molecule has 0 fully saturated rings. The zero-order valence-electron chi connectivity index (χ0n) is 13.8. The second-order valence-corrected chi connectivity index (χ2v) is 5.23. The summed E-state index contributed by atoms with van der Waals surface area (Å²) in [5.41, 5.74) is 6.28. The Bertz CT molecular complexity index is 685. The number of rotatable bonds is 7. The van der Waals surface area contributed by atoms with Gasteiger partial charge in [-0.3, -0.25) is 9.59 Å². The fourth-order valence-electron chi connectivity index (χ4n) is 2.27. The molecule has 0 bridgehead atoms. The van der Waals surface area contributed by atoms with Crippen LogP contribution in [0.2, 0.25) is 0 Å². The van der Waals surface area contributed by atoms with Crippen LogP contribution in [-0.2, 0) is 9.59 Å². The Balaban J connectivity index is 1.84. The van der Waals surface area contributed by atoms with Gasteiger partial charge in [0.1, 0.15) is 0 Å². The molecule has 128 valence electrons. The van der Waals surface area contributed by atoms with Gasteiger partial charge in [-0.05, 0) is 37.1 Å². The van der Waals surface area contributed by atoms with Crippen LogP contribution in [0.4, 0.5) is 0 Å². The lowest BCUT2D eigenvalue weighted by molar-refractivity contribution is -0.123. The molecule has 0 unspecified atom stereocenters. The maximum Gasteiger partial charge on any atom is 0.248 e. The van der Waals surface area contributed by atoms with E-state index in [-0.39, 0.29) is 24.2 Å². The number of carbonyl (C=O) groups excluding carboxylic acids is 2. The molecule has 2 rings (SSSR count). The van der Waals surface area contributed by atoms with E-state index in [1.165, 1.54) is 6.21 Å². The van der Waals surface area contributed by atoms with Crippen LogP contribution in [0.5, 0.6) is 11.5 Å². The molecule has 1 aliphatic rings. The highest BCUT2D eigenvalue weighted by atomic mass is 16.5. The smallest absolute Gasteiger partial charge is 0.248 e. The fraction of sp³-hybridized carbons (Fsp3) is 0.375. The molecule has 1 aliphatic heterocycles. The Morgan fingerprint density at radius 1 is 1.38 bits per heavy atom. The second-order valence-electron chi connectivity index (χ2n) is 5.23. The van der Waals surface area contributed by atoms with Gasteiger partial charge in [-0.25, -0.2) is 10.9 Å². The molecule has 8 nitrogen and oxygen atoms in total. The molecule has 0 spiro atoms. The summed E-state index contributed by atoms with van der Waals surface area (Å²) in [6.45, 7) is 1.76. The van der Waals surface area contributed by atoms with E-state index in [0.717, 1.165) is 5.56 Å². The predicted octanol–water partition coefficient (Wildman–Crippen LogP) is 1.06. The van der Waals surface area contributed by atoms with Gasteiger partial charge in [-0.2, -0.15) is 10.2 Å². The minimum absolute atomic E-state index is 0.172. The molecule has 1 aromatic carbocycles. The van der Waals surface area contributed by atoms with Crippen molar-refractivity contribution >= 4 is 23.7 Å². The van der Waals surface area contributed by atoms with E-state index in [2.05, 4.69) is 21.1 Å². The minimum Gasteiger partial charge on any atom is -0.493 e. The van der Waals surface area contributed by atoms with E-state index in [1.54, 1.807) is 39.3 Å². The van der Waals surface area contributed by atoms with E-state index in [1.807, 2.05) is 0 Å². The summed E-state index contributed by atoms with van der Waals surface area (Å²) in [5, 5.41) is 7.75. The predicted molar refractivity (Wildman–Crippen MR) is 89.3 cm³/mol. The monoisotopic (exact) mass is 332 g/mol. The van der Waals surface area contributed by atoms with Gasteiger partial charge in [-0.15, -0.1) is 0 Å². The largest absolute Gasteiger partial charge is 0.493 e. The lowest BCUT2D eigenvalue weighted by Gasteiger charge is -2.07. The van der Waals surface area contributed by atoms with E-state index < -0.39 is 0 Å². The number of carbonyl (C=O) groups is 2. The van der Waals surface area contributed by atoms with Gasteiger partial charge in [0, 0.05) is 12.1 Å². The maximum atomic E-state index is 11.8. The Kier molecular flexibility index (Phi) is 5.89. The van der Waals surface area contributed by atoms with Crippen LogP contribution in [0, 0.1) is 5.92 Å². The molecule has 0 saturated carbocycles. The number of amides is 2. The van der Waals surface area contributed by atoms with Crippen LogP contribution in [-0.4, -0.2) is 38.0 Å². The van der Waals surface area contributed by atoms with Crippen LogP contribution in [0.3, 0.4) is 0 Å². The first-order valence-electron chi connectivity index (χ1n) is 7.43. The number of hydrogen-bond donors (Lipinski definition) is 2. The Morgan fingerprint density at radius 3 is 2.75 bits per heavy atom. The summed E-state index contributed by atoms with van der Waals surface area (Å²) in [6, 6.07) is 5.29. The van der Waals surface area contributed by atoms with Gasteiger partial charge < -0.3 is 9.47 Å². The standard InChI is InChI=1S/C16H20N4O4/c1-10-12(16(22)20-18-10)5-7-15(21)19-17-9-11-4-6-13(23-2)14(8-11)24-3/h4,6,8-9,12H,5,7H2,1-3H3,(H,19,21)(H,20,22)/b17-9-/t12-/m0/s1. The molecule has 1 atom stereocenters. The Hall–Kier alpha value is -2.90. The van der Waals surface area contributed by atoms with Crippen LogP contribution in [0.1, 0.15) is 25.3 Å². The number of nitrogens with zero attached hydrogens (tertiary/aromatic N) is 2. The molecule has 8 heteroatoms. The van der Waals surface area contributed by atoms with Gasteiger partial charge in [0.2, 0.25) is 11.8 Å². The summed E-state index contributed by atoms with van der Waals surface area (Å²) >= 11 is 0. The van der Waals surface area contributed by atoms with Gasteiger partial charge in [0.15, 0.2) is 11.5 Å². The normalized spacial score (nSPS) is 16.7. The zero-order valence-corrected chi connectivity index (χ0v) is 13.8. The van der Waals surface area contributed by atoms with Gasteiger partial charge >= 0.3 is 0 Å². The topological polar surface area (TPSA) is 101 Å². The molecule has 2 N–H and O–H groups in total. The molecular weight excluding hydrogens is 312 g/mol. The molecule has 1 aromatic rings. The van der Waals surface area contributed by atoms with Crippen molar-refractivity contribution in [2.45, 2.75) is 19.8 Å². The SMILES string of the molecule is COc1ccc(/C=N\NC(=O)CC[C@@H]2C(=O)NN=C2C)cc1OC. The molecule has 0 radical (unpaired) electrons. The van der Waals surface area contributed by atoms with Gasteiger partial charge in [0.25, 0.3) is 0 Å². The summed E-state index contributed by atoms with van der Waals surface area (Å²) in [5.74, 6) is 0.416. The van der Waals surface area contributed by atoms with Crippen molar-refractivity contribution in [3.05, 3.63) is 23.8 Å². The lowest BCUT2D eigenvalue weighted by atomic mass is 9.99. The zero-order chi connectivity index (χ0) is 17.5. The third kappa shape index (κ3) is 4.31. The van der Waals surface area contributed by atoms with E-state index in [0.29, 0.717) is 23.6 Å². The fourth-order valence-corrected chi connectivity index (χ4v) is 2.27.